The van der Waals surface area contributed by atoms with E-state index in [4.69, 9.17) is 0 Å². The molecule has 1 aromatic carbocycles. The molecule has 2 atom stereocenters. The molecule has 2 N–H and O–H groups in total. The topological polar surface area (TPSA) is 53.3 Å². The van der Waals surface area contributed by atoms with Gasteiger partial charge in [0, 0.05) is 30.8 Å². The van der Waals surface area contributed by atoms with Crippen molar-refractivity contribution in [2.75, 3.05) is 26.2 Å². The smallest absolute Gasteiger partial charge is 0.390 e. The first-order valence-electron chi connectivity index (χ1n) is 11.0. The van der Waals surface area contributed by atoms with Gasteiger partial charge in [0.25, 0.3) is 0 Å². The molecular weight excluding hydrogens is 405 g/mol. The molecule has 3 heterocycles. The second-order valence-electron chi connectivity index (χ2n) is 9.56. The Labute approximate surface area is 181 Å². The Morgan fingerprint density at radius 2 is 1.84 bits per heavy atom. The highest BCUT2D eigenvalue weighted by Gasteiger charge is 2.43. The van der Waals surface area contributed by atoms with Gasteiger partial charge in [0.05, 0.1) is 18.7 Å². The Morgan fingerprint density at radius 1 is 1.16 bits per heavy atom. The van der Waals surface area contributed by atoms with E-state index < -0.39 is 24.0 Å². The number of hydrogen-bond donors (Lipinski definition) is 2. The van der Waals surface area contributed by atoms with Gasteiger partial charge in [-0.05, 0) is 36.9 Å². The summed E-state index contributed by atoms with van der Waals surface area (Å²) < 4.78 is 43.1. The fourth-order valence-electron chi connectivity index (χ4n) is 4.70. The minimum absolute atomic E-state index is 0.0693. The van der Waals surface area contributed by atoms with Gasteiger partial charge in [0.15, 0.2) is 5.69 Å². The Hall–Kier alpha value is -1.90. The zero-order valence-electron chi connectivity index (χ0n) is 18.1. The van der Waals surface area contributed by atoms with Crippen LogP contribution < -0.4 is 5.32 Å². The highest BCUT2D eigenvalue weighted by molar-refractivity contribution is 5.41. The van der Waals surface area contributed by atoms with Crippen molar-refractivity contribution < 1.29 is 18.3 Å². The zero-order chi connectivity index (χ0) is 22.2. The molecule has 2 aromatic rings. The van der Waals surface area contributed by atoms with Crippen molar-refractivity contribution in [1.82, 2.24) is 20.0 Å². The fraction of sp³-hybridized carbons (Fsp3) is 0.609. The van der Waals surface area contributed by atoms with Gasteiger partial charge in [0.1, 0.15) is 0 Å². The van der Waals surface area contributed by atoms with Crippen molar-refractivity contribution in [1.29, 1.82) is 0 Å². The number of alkyl halides is 3. The van der Waals surface area contributed by atoms with Crippen LogP contribution in [0.15, 0.2) is 30.3 Å². The number of rotatable bonds is 5. The maximum absolute atomic E-state index is 13.9. The molecule has 8 heteroatoms. The van der Waals surface area contributed by atoms with Crippen LogP contribution in [0.3, 0.4) is 0 Å². The molecule has 2 aliphatic heterocycles. The minimum Gasteiger partial charge on any atom is -0.390 e. The minimum atomic E-state index is -4.55. The van der Waals surface area contributed by atoms with Crippen molar-refractivity contribution >= 4 is 0 Å². The lowest BCUT2D eigenvalue weighted by Gasteiger charge is -2.37. The van der Waals surface area contributed by atoms with Gasteiger partial charge in [0.2, 0.25) is 0 Å². The standard InChI is InChI=1S/C23H31F3N4O/c1-22(2)9-12-29(13-10-22)14-17(31)15-30-18-8-11-27-20(16-6-4-3-5-7-16)19(18)21(28-30)23(24,25)26/h3-7,17,20,27,31H,8-15H2,1-2H3. The van der Waals surface area contributed by atoms with Crippen molar-refractivity contribution in [3.63, 3.8) is 0 Å². The van der Waals surface area contributed by atoms with Gasteiger partial charge in [-0.25, -0.2) is 0 Å². The largest absolute Gasteiger partial charge is 0.435 e. The third-order valence-corrected chi connectivity index (χ3v) is 6.56. The summed E-state index contributed by atoms with van der Waals surface area (Å²) in [5, 5.41) is 17.9. The van der Waals surface area contributed by atoms with E-state index in [0.717, 1.165) is 31.5 Å². The molecule has 1 fully saturated rings. The Balaban J connectivity index is 1.57. The van der Waals surface area contributed by atoms with Crippen LogP contribution in [0.5, 0.6) is 0 Å². The van der Waals surface area contributed by atoms with E-state index in [2.05, 4.69) is 29.2 Å². The first-order chi connectivity index (χ1) is 14.6. The van der Waals surface area contributed by atoms with Gasteiger partial charge >= 0.3 is 6.18 Å². The number of hydrogen-bond acceptors (Lipinski definition) is 4. The Morgan fingerprint density at radius 3 is 2.48 bits per heavy atom. The van der Waals surface area contributed by atoms with Crippen molar-refractivity contribution in [3.8, 4) is 0 Å². The summed E-state index contributed by atoms with van der Waals surface area (Å²) in [7, 11) is 0. The number of aliphatic hydroxyl groups is 1. The lowest BCUT2D eigenvalue weighted by Crippen LogP contribution is -2.42. The first kappa shape index (κ1) is 22.3. The molecule has 5 nitrogen and oxygen atoms in total. The molecule has 0 saturated carbocycles. The number of likely N-dealkylation sites (tertiary alicyclic amines) is 1. The number of fused-ring (bicyclic) bond motifs is 1. The third kappa shape index (κ3) is 4.96. The maximum Gasteiger partial charge on any atom is 0.435 e. The van der Waals surface area contributed by atoms with Crippen molar-refractivity contribution in [2.45, 2.75) is 58.0 Å². The van der Waals surface area contributed by atoms with Crippen LogP contribution in [-0.4, -0.2) is 52.1 Å². The van der Waals surface area contributed by atoms with E-state index in [0.29, 0.717) is 30.6 Å². The first-order valence-corrected chi connectivity index (χ1v) is 11.0. The van der Waals surface area contributed by atoms with Gasteiger partial charge in [-0.1, -0.05) is 44.2 Å². The van der Waals surface area contributed by atoms with E-state index in [1.165, 1.54) is 4.68 Å². The predicted molar refractivity (Wildman–Crippen MR) is 113 cm³/mol. The molecule has 0 radical (unpaired) electrons. The number of aromatic nitrogens is 2. The molecule has 0 spiro atoms. The Bertz CT molecular complexity index is 884. The summed E-state index contributed by atoms with van der Waals surface area (Å²) in [6.07, 6.45) is -2.76. The number of nitrogens with zero attached hydrogens (tertiary/aromatic N) is 3. The summed E-state index contributed by atoms with van der Waals surface area (Å²) in [4.78, 5) is 2.20. The van der Waals surface area contributed by atoms with Crippen molar-refractivity contribution in [3.05, 3.63) is 52.8 Å². The molecule has 0 aliphatic carbocycles. The summed E-state index contributed by atoms with van der Waals surface area (Å²) in [5.74, 6) is 0. The fourth-order valence-corrected chi connectivity index (χ4v) is 4.70. The summed E-state index contributed by atoms with van der Waals surface area (Å²) in [5.41, 5.74) is 1.000. The number of halogens is 3. The number of β-amino-alcohol motifs (C(OH)–C–C–N with tert-alkyl or cyclic N) is 1. The normalized spacial score (nSPS) is 22.8. The molecule has 0 amide bonds. The summed E-state index contributed by atoms with van der Waals surface area (Å²) in [6.45, 7) is 7.36. The average molecular weight is 437 g/mol. The summed E-state index contributed by atoms with van der Waals surface area (Å²) in [6, 6.07) is 8.60. The second kappa shape index (κ2) is 8.56. The van der Waals surface area contributed by atoms with Gasteiger partial charge in [-0.15, -0.1) is 0 Å². The van der Waals surface area contributed by atoms with Crippen LogP contribution in [0.2, 0.25) is 0 Å². The zero-order valence-corrected chi connectivity index (χ0v) is 18.1. The Kier molecular flexibility index (Phi) is 6.16. The van der Waals surface area contributed by atoms with Gasteiger partial charge in [-0.3, -0.25) is 4.68 Å². The highest BCUT2D eigenvalue weighted by atomic mass is 19.4. The molecule has 4 rings (SSSR count). The third-order valence-electron chi connectivity index (χ3n) is 6.56. The van der Waals surface area contributed by atoms with Crippen LogP contribution in [0.25, 0.3) is 0 Å². The molecule has 31 heavy (non-hydrogen) atoms. The van der Waals surface area contributed by atoms with E-state index in [-0.39, 0.29) is 12.1 Å². The van der Waals surface area contributed by atoms with E-state index >= 15 is 0 Å². The SMILES string of the molecule is CC1(C)CCN(CC(O)Cn2nc(C(F)(F)F)c3c2CCNC3c2ccccc2)CC1. The van der Waals surface area contributed by atoms with E-state index in [1.807, 2.05) is 30.3 Å². The van der Waals surface area contributed by atoms with E-state index in [1.54, 1.807) is 0 Å². The van der Waals surface area contributed by atoms with E-state index in [9.17, 15) is 18.3 Å². The molecule has 2 aliphatic rings. The van der Waals surface area contributed by atoms with Gasteiger partial charge < -0.3 is 15.3 Å². The maximum atomic E-state index is 13.9. The molecule has 1 saturated heterocycles. The quantitative estimate of drug-likeness (QED) is 0.752. The molecule has 0 bridgehead atoms. The molecule has 170 valence electrons. The van der Waals surface area contributed by atoms with Crippen LogP contribution in [0, 0.1) is 5.41 Å². The monoisotopic (exact) mass is 436 g/mol. The van der Waals surface area contributed by atoms with Crippen LogP contribution in [0.1, 0.15) is 55.2 Å². The number of piperidine rings is 1. The molecular formula is C23H31F3N4O. The van der Waals surface area contributed by atoms with Crippen LogP contribution in [-0.2, 0) is 19.1 Å². The number of aliphatic hydroxyl groups excluding tert-OH is 1. The lowest BCUT2D eigenvalue weighted by molar-refractivity contribution is -0.142. The molecule has 1 aromatic heterocycles. The average Bonchev–Trinajstić information content (AvgIpc) is 3.09. The van der Waals surface area contributed by atoms with Crippen molar-refractivity contribution in [2.24, 2.45) is 5.41 Å². The van der Waals surface area contributed by atoms with Gasteiger partial charge in [-0.2, -0.15) is 18.3 Å². The van der Waals surface area contributed by atoms with Crippen LogP contribution >= 0.6 is 0 Å². The summed E-state index contributed by atoms with van der Waals surface area (Å²) >= 11 is 0. The second-order valence-corrected chi connectivity index (χ2v) is 9.56. The number of nitrogens with one attached hydrogen (secondary N) is 1. The number of benzene rings is 1. The predicted octanol–water partition coefficient (Wildman–Crippen LogP) is 3.62. The highest BCUT2D eigenvalue weighted by Crippen LogP contribution is 2.39. The van der Waals surface area contributed by atoms with Crippen LogP contribution in [0.4, 0.5) is 13.2 Å². The molecule has 2 unspecified atom stereocenters. The lowest BCUT2D eigenvalue weighted by atomic mass is 9.82.